The Morgan fingerprint density at radius 3 is 1.23 bits per heavy atom. The third-order valence-corrected chi connectivity index (χ3v) is 16.0. The van der Waals surface area contributed by atoms with Crippen molar-refractivity contribution in [2.75, 3.05) is 9.80 Å². The van der Waals surface area contributed by atoms with Crippen LogP contribution in [0.3, 0.4) is 0 Å². The van der Waals surface area contributed by atoms with Crippen LogP contribution in [0.1, 0.15) is 46.5 Å². The quantitative estimate of drug-likeness (QED) is 0.166. The van der Waals surface area contributed by atoms with Crippen LogP contribution in [-0.2, 0) is 0 Å². The number of fused-ring (bicyclic) bond motifs is 13. The molecule has 0 aliphatic carbocycles. The van der Waals surface area contributed by atoms with E-state index in [1.807, 2.05) is 11.3 Å². The maximum atomic E-state index is 6.95. The van der Waals surface area contributed by atoms with Gasteiger partial charge in [0.15, 0.2) is 12.2 Å². The fourth-order valence-corrected chi connectivity index (χ4v) is 12.8. The molecule has 69 heavy (non-hydrogen) atoms. The third kappa shape index (κ3) is 6.00. The van der Waals surface area contributed by atoms with Crippen molar-refractivity contribution in [3.63, 3.8) is 0 Å². The maximum Gasteiger partial charge on any atom is 0.151 e. The fraction of sp³-hybridized carbons (Fsp3) is 0.0625. The van der Waals surface area contributed by atoms with Gasteiger partial charge in [-0.1, -0.05) is 140 Å². The average Bonchev–Trinajstić information content (AvgIpc) is 4.23. The molecule has 0 saturated heterocycles. The Morgan fingerprint density at radius 1 is 0.304 bits per heavy atom. The van der Waals surface area contributed by atoms with E-state index in [2.05, 4.69) is 240 Å². The number of rotatable bonds is 6. The summed E-state index contributed by atoms with van der Waals surface area (Å²) in [6.07, 6.45) is -0.243. The molecule has 11 aromatic rings. The van der Waals surface area contributed by atoms with Gasteiger partial charge in [0.25, 0.3) is 0 Å². The second-order valence-electron chi connectivity index (χ2n) is 18.7. The van der Waals surface area contributed by atoms with Gasteiger partial charge in [-0.2, -0.15) is 0 Å². The van der Waals surface area contributed by atoms with Crippen molar-refractivity contribution in [3.8, 4) is 56.0 Å². The number of hydrogen-bond donors (Lipinski definition) is 0. The van der Waals surface area contributed by atoms with Gasteiger partial charge < -0.3 is 19.3 Å². The summed E-state index contributed by atoms with van der Waals surface area (Å²) in [5.41, 5.74) is 19.1. The Morgan fingerprint density at radius 2 is 0.725 bits per heavy atom. The molecule has 0 radical (unpaired) electrons. The second kappa shape index (κ2) is 15.1. The average molecular weight is 903 g/mol. The van der Waals surface area contributed by atoms with Crippen molar-refractivity contribution in [1.29, 1.82) is 0 Å². The summed E-state index contributed by atoms with van der Waals surface area (Å²) in [5, 5.41) is 2.55. The molecule has 0 bridgehead atoms. The molecule has 5 heterocycles. The first kappa shape index (κ1) is 38.7. The lowest BCUT2D eigenvalue weighted by molar-refractivity contribution is 0.223. The number of ether oxygens (including phenoxy) is 2. The SMILES string of the molecule is c1ccc(-c2cc(-c3ccccc3)cc(N3c4ccc(-c5ccc6sc7ccc(-c8ccc9c(c8)C8Oc%10ccccc%10C8N9c8ccccc8)cc7c6c5)cc4C4Oc5ccccc5C43)c2)cc1. The third-order valence-electron chi connectivity index (χ3n) is 14.9. The van der Waals surface area contributed by atoms with Gasteiger partial charge in [-0.15, -0.1) is 11.3 Å². The summed E-state index contributed by atoms with van der Waals surface area (Å²) in [4.78, 5) is 4.99. The molecule has 0 N–H and O–H groups in total. The van der Waals surface area contributed by atoms with Crippen LogP contribution in [0, 0.1) is 0 Å². The van der Waals surface area contributed by atoms with Gasteiger partial charge in [-0.05, 0) is 136 Å². The zero-order valence-electron chi connectivity index (χ0n) is 37.4. The topological polar surface area (TPSA) is 24.9 Å². The van der Waals surface area contributed by atoms with Crippen LogP contribution in [0.4, 0.5) is 22.7 Å². The largest absolute Gasteiger partial charge is 0.483 e. The smallest absolute Gasteiger partial charge is 0.151 e. The number of hydrogen-bond acceptors (Lipinski definition) is 5. The molecule has 4 unspecified atom stereocenters. The van der Waals surface area contributed by atoms with E-state index >= 15 is 0 Å². The van der Waals surface area contributed by atoms with Gasteiger partial charge in [0.2, 0.25) is 0 Å². The zero-order valence-corrected chi connectivity index (χ0v) is 38.2. The molecule has 4 nitrogen and oxygen atoms in total. The van der Waals surface area contributed by atoms with Crippen molar-refractivity contribution < 1.29 is 9.47 Å². The first-order chi connectivity index (χ1) is 34.2. The first-order valence-electron chi connectivity index (χ1n) is 23.8. The summed E-state index contributed by atoms with van der Waals surface area (Å²) in [6, 6.07) is 84.3. The predicted octanol–water partition coefficient (Wildman–Crippen LogP) is 17.4. The summed E-state index contributed by atoms with van der Waals surface area (Å²) in [6.45, 7) is 0. The van der Waals surface area contributed by atoms with Crippen LogP contribution in [-0.4, -0.2) is 0 Å². The highest BCUT2D eigenvalue weighted by Crippen LogP contribution is 2.61. The minimum atomic E-state index is -0.155. The van der Waals surface area contributed by atoms with Gasteiger partial charge in [0.1, 0.15) is 23.6 Å². The molecule has 0 fully saturated rings. The summed E-state index contributed by atoms with van der Waals surface area (Å²) >= 11 is 1.86. The molecule has 326 valence electrons. The molecule has 4 aliphatic rings. The number of thiophene rings is 1. The van der Waals surface area contributed by atoms with Crippen molar-refractivity contribution in [1.82, 2.24) is 0 Å². The van der Waals surface area contributed by atoms with Crippen molar-refractivity contribution >= 4 is 54.3 Å². The van der Waals surface area contributed by atoms with E-state index in [1.54, 1.807) is 0 Å². The van der Waals surface area contributed by atoms with E-state index in [-0.39, 0.29) is 24.3 Å². The van der Waals surface area contributed by atoms with E-state index in [0.29, 0.717) is 0 Å². The monoisotopic (exact) mass is 902 g/mol. The van der Waals surface area contributed by atoms with E-state index in [1.165, 1.54) is 104 Å². The lowest BCUT2D eigenvalue weighted by Crippen LogP contribution is -2.20. The van der Waals surface area contributed by atoms with Gasteiger partial charge in [-0.3, -0.25) is 0 Å². The minimum Gasteiger partial charge on any atom is -0.483 e. The van der Waals surface area contributed by atoms with E-state index in [4.69, 9.17) is 9.47 Å². The highest BCUT2D eigenvalue weighted by atomic mass is 32.1. The second-order valence-corrected chi connectivity index (χ2v) is 19.8. The highest BCUT2D eigenvalue weighted by Gasteiger charge is 2.49. The van der Waals surface area contributed by atoms with E-state index in [9.17, 15) is 0 Å². The van der Waals surface area contributed by atoms with Crippen LogP contribution >= 0.6 is 11.3 Å². The molecule has 5 heteroatoms. The first-order valence-corrected chi connectivity index (χ1v) is 24.7. The standard InChI is InChI=1S/C64H42N2O2S/c1-4-14-39(15-5-1)45-32-46(40-16-6-2-7-17-40)34-48(33-45)66-56-29-25-42(38-54(56)64-62(66)50-21-11-13-23-58(50)68-64)44-27-31-60-52(36-44)51-35-43(26-30-59(51)69-60)41-24-28-55-53(37-41)63-61(49-20-10-12-22-57(49)67-63)65(55)47-18-8-3-9-19-47/h1-38,61-64H. The normalized spacial score (nSPS) is 18.0. The minimum absolute atomic E-state index is 0.00937. The molecule has 0 spiro atoms. The Balaban J connectivity index is 0.820. The van der Waals surface area contributed by atoms with Crippen molar-refractivity contribution in [3.05, 3.63) is 253 Å². The van der Waals surface area contributed by atoms with Gasteiger partial charge in [-0.25, -0.2) is 0 Å². The van der Waals surface area contributed by atoms with Crippen LogP contribution in [0.25, 0.3) is 64.7 Å². The Bertz CT molecular complexity index is 3790. The number of para-hydroxylation sites is 3. The van der Waals surface area contributed by atoms with Crippen LogP contribution in [0.2, 0.25) is 0 Å². The van der Waals surface area contributed by atoms with Gasteiger partial charge in [0.05, 0.1) is 0 Å². The molecular weight excluding hydrogens is 861 g/mol. The Kier molecular flexibility index (Phi) is 8.45. The number of anilines is 4. The lowest BCUT2D eigenvalue weighted by atomic mass is 9.96. The molecule has 1 aromatic heterocycles. The zero-order chi connectivity index (χ0) is 45.2. The van der Waals surface area contributed by atoms with Crippen LogP contribution in [0.5, 0.6) is 11.5 Å². The molecule has 4 atom stereocenters. The van der Waals surface area contributed by atoms with Crippen molar-refractivity contribution in [2.24, 2.45) is 0 Å². The fourth-order valence-electron chi connectivity index (χ4n) is 11.7. The lowest BCUT2D eigenvalue weighted by Gasteiger charge is -2.28. The summed E-state index contributed by atoms with van der Waals surface area (Å²) in [7, 11) is 0. The molecule has 10 aromatic carbocycles. The van der Waals surface area contributed by atoms with E-state index < -0.39 is 0 Å². The molecule has 15 rings (SSSR count). The van der Waals surface area contributed by atoms with Gasteiger partial charge in [0, 0.05) is 65.2 Å². The summed E-state index contributed by atoms with van der Waals surface area (Å²) < 4.78 is 16.3. The maximum absolute atomic E-state index is 6.95. The Labute approximate surface area is 404 Å². The van der Waals surface area contributed by atoms with Gasteiger partial charge >= 0.3 is 0 Å². The van der Waals surface area contributed by atoms with E-state index in [0.717, 1.165) is 17.2 Å². The molecule has 0 amide bonds. The number of benzene rings is 10. The summed E-state index contributed by atoms with van der Waals surface area (Å²) in [5.74, 6) is 1.93. The highest BCUT2D eigenvalue weighted by molar-refractivity contribution is 7.25. The Hall–Kier alpha value is -8.38. The molecule has 0 saturated carbocycles. The van der Waals surface area contributed by atoms with Crippen molar-refractivity contribution in [2.45, 2.75) is 24.3 Å². The molecule has 4 aliphatic heterocycles. The molecular formula is C64H42N2O2S. The van der Waals surface area contributed by atoms with Crippen LogP contribution in [0.15, 0.2) is 231 Å². The number of nitrogens with zero attached hydrogens (tertiary/aromatic N) is 2. The van der Waals surface area contributed by atoms with Crippen LogP contribution < -0.4 is 19.3 Å². The predicted molar refractivity (Wildman–Crippen MR) is 283 cm³/mol.